The summed E-state index contributed by atoms with van der Waals surface area (Å²) in [6.07, 6.45) is 1.70. The van der Waals surface area contributed by atoms with Crippen LogP contribution >= 0.6 is 0 Å². The van der Waals surface area contributed by atoms with E-state index in [1.54, 1.807) is 29.1 Å². The Morgan fingerprint density at radius 2 is 1.80 bits per heavy atom. The predicted molar refractivity (Wildman–Crippen MR) is 113 cm³/mol. The Labute approximate surface area is 173 Å². The second-order valence-electron chi connectivity index (χ2n) is 6.55. The fourth-order valence-corrected chi connectivity index (χ4v) is 3.05. The van der Waals surface area contributed by atoms with Crippen LogP contribution in [0.15, 0.2) is 66.9 Å². The Morgan fingerprint density at radius 3 is 2.53 bits per heavy atom. The predicted octanol–water partition coefficient (Wildman–Crippen LogP) is 4.30. The van der Waals surface area contributed by atoms with Crippen LogP contribution in [0.5, 0.6) is 0 Å². The van der Waals surface area contributed by atoms with Crippen LogP contribution in [-0.2, 0) is 11.5 Å². The van der Waals surface area contributed by atoms with E-state index < -0.39 is 0 Å². The van der Waals surface area contributed by atoms with Crippen LogP contribution in [0.25, 0.3) is 22.6 Å². The van der Waals surface area contributed by atoms with Gasteiger partial charge in [0.1, 0.15) is 23.9 Å². The Bertz CT molecular complexity index is 1110. The van der Waals surface area contributed by atoms with E-state index >= 15 is 0 Å². The lowest BCUT2D eigenvalue weighted by atomic mass is 10.1. The summed E-state index contributed by atoms with van der Waals surface area (Å²) in [5.74, 6) is 0.226. The molecule has 0 fully saturated rings. The zero-order valence-corrected chi connectivity index (χ0v) is 16.7. The monoisotopic (exact) mass is 404 g/mol. The van der Waals surface area contributed by atoms with Crippen LogP contribution in [-0.4, -0.2) is 38.6 Å². The third-order valence-corrected chi connectivity index (χ3v) is 4.60. The van der Waals surface area contributed by atoms with Gasteiger partial charge in [-0.3, -0.25) is 0 Å². The van der Waals surface area contributed by atoms with Crippen LogP contribution in [0.2, 0.25) is 0 Å². The average molecular weight is 404 g/mol. The molecule has 0 N–H and O–H groups in total. The van der Waals surface area contributed by atoms with Crippen molar-refractivity contribution >= 4 is 11.6 Å². The highest BCUT2D eigenvalue weighted by atomic mass is 19.1. The second kappa shape index (κ2) is 8.79. The van der Waals surface area contributed by atoms with Crippen molar-refractivity contribution in [2.24, 2.45) is 0 Å². The molecule has 2 aromatic carbocycles. The fourth-order valence-electron chi connectivity index (χ4n) is 3.05. The highest BCUT2D eigenvalue weighted by molar-refractivity contribution is 5.76. The Morgan fingerprint density at radius 1 is 1.03 bits per heavy atom. The molecule has 0 aliphatic carbocycles. The first kappa shape index (κ1) is 19.7. The van der Waals surface area contributed by atoms with Gasteiger partial charge in [0.2, 0.25) is 5.95 Å². The SMILES string of the molecule is CCOCn1nnc(-c2ccc(F)cc2)c1-c1ccnc(N(C)c2ccccc2)n1. The molecule has 0 unspecified atom stereocenters. The van der Waals surface area contributed by atoms with Crippen molar-refractivity contribution in [2.75, 3.05) is 18.6 Å². The molecule has 0 radical (unpaired) electrons. The maximum absolute atomic E-state index is 13.4. The molecule has 0 bridgehead atoms. The fraction of sp³-hybridized carbons (Fsp3) is 0.182. The van der Waals surface area contributed by atoms with Crippen molar-refractivity contribution in [3.05, 3.63) is 72.7 Å². The first-order valence-electron chi connectivity index (χ1n) is 9.56. The molecule has 2 aromatic heterocycles. The number of anilines is 2. The summed E-state index contributed by atoms with van der Waals surface area (Å²) >= 11 is 0. The molecule has 4 aromatic rings. The standard InChI is InChI=1S/C22H21FN6O/c1-3-30-15-29-21(20(26-27-29)16-9-11-17(23)12-10-16)19-13-14-24-22(25-19)28(2)18-7-5-4-6-8-18/h4-14H,3,15H2,1-2H3. The number of rotatable bonds is 7. The molecular weight excluding hydrogens is 383 g/mol. The summed E-state index contributed by atoms with van der Waals surface area (Å²) in [6, 6.07) is 17.8. The number of benzene rings is 2. The number of hydrogen-bond acceptors (Lipinski definition) is 6. The molecule has 30 heavy (non-hydrogen) atoms. The zero-order chi connectivity index (χ0) is 20.9. The Balaban J connectivity index is 1.79. The summed E-state index contributed by atoms with van der Waals surface area (Å²) < 4.78 is 20.6. The van der Waals surface area contributed by atoms with E-state index in [2.05, 4.69) is 15.3 Å². The summed E-state index contributed by atoms with van der Waals surface area (Å²) in [4.78, 5) is 11.1. The summed E-state index contributed by atoms with van der Waals surface area (Å²) in [6.45, 7) is 2.68. The maximum Gasteiger partial charge on any atom is 0.230 e. The third kappa shape index (κ3) is 4.04. The normalized spacial score (nSPS) is 10.9. The molecule has 2 heterocycles. The van der Waals surface area contributed by atoms with Crippen molar-refractivity contribution in [3.63, 3.8) is 0 Å². The lowest BCUT2D eigenvalue weighted by Crippen LogP contribution is -2.14. The molecule has 0 spiro atoms. The van der Waals surface area contributed by atoms with Gasteiger partial charge in [-0.15, -0.1) is 5.10 Å². The first-order chi connectivity index (χ1) is 14.7. The quantitative estimate of drug-likeness (QED) is 0.457. The Kier molecular flexibility index (Phi) is 5.76. The lowest BCUT2D eigenvalue weighted by molar-refractivity contribution is 0.0790. The van der Waals surface area contributed by atoms with Gasteiger partial charge in [-0.1, -0.05) is 23.4 Å². The molecule has 7 nitrogen and oxygen atoms in total. The summed E-state index contributed by atoms with van der Waals surface area (Å²) in [5, 5.41) is 8.55. The third-order valence-electron chi connectivity index (χ3n) is 4.60. The van der Waals surface area contributed by atoms with Crippen LogP contribution in [0.1, 0.15) is 6.92 Å². The number of nitrogens with zero attached hydrogens (tertiary/aromatic N) is 6. The van der Waals surface area contributed by atoms with Crippen LogP contribution in [0.4, 0.5) is 16.0 Å². The van der Waals surface area contributed by atoms with Gasteiger partial charge in [-0.25, -0.2) is 19.0 Å². The van der Waals surface area contributed by atoms with Crippen molar-refractivity contribution in [1.82, 2.24) is 25.0 Å². The highest BCUT2D eigenvalue weighted by Crippen LogP contribution is 2.30. The van der Waals surface area contributed by atoms with Gasteiger partial charge in [0.15, 0.2) is 0 Å². The van der Waals surface area contributed by atoms with Gasteiger partial charge in [0.05, 0.1) is 5.69 Å². The average Bonchev–Trinajstić information content (AvgIpc) is 3.22. The number of para-hydroxylation sites is 1. The first-order valence-corrected chi connectivity index (χ1v) is 9.56. The van der Waals surface area contributed by atoms with Gasteiger partial charge < -0.3 is 9.64 Å². The molecule has 152 valence electrons. The summed E-state index contributed by atoms with van der Waals surface area (Å²) in [5.41, 5.74) is 3.63. The largest absolute Gasteiger partial charge is 0.359 e. The number of halogens is 1. The summed E-state index contributed by atoms with van der Waals surface area (Å²) in [7, 11) is 1.91. The molecular formula is C22H21FN6O. The molecule has 0 saturated carbocycles. The van der Waals surface area contributed by atoms with Crippen LogP contribution in [0, 0.1) is 5.82 Å². The van der Waals surface area contributed by atoms with Gasteiger partial charge >= 0.3 is 0 Å². The molecule has 0 saturated heterocycles. The smallest absolute Gasteiger partial charge is 0.230 e. The topological polar surface area (TPSA) is 69.0 Å². The van der Waals surface area contributed by atoms with Crippen LogP contribution < -0.4 is 4.90 Å². The lowest BCUT2D eigenvalue weighted by Gasteiger charge is -2.17. The van der Waals surface area contributed by atoms with E-state index in [4.69, 9.17) is 9.72 Å². The number of hydrogen-bond donors (Lipinski definition) is 0. The van der Waals surface area contributed by atoms with Crippen molar-refractivity contribution in [3.8, 4) is 22.6 Å². The van der Waals surface area contributed by atoms with Crippen LogP contribution in [0.3, 0.4) is 0 Å². The molecule has 4 rings (SSSR count). The Hall–Kier alpha value is -3.65. The van der Waals surface area contributed by atoms with E-state index in [1.165, 1.54) is 12.1 Å². The molecule has 0 aliphatic heterocycles. The van der Waals surface area contributed by atoms with E-state index in [-0.39, 0.29) is 12.5 Å². The van der Waals surface area contributed by atoms with E-state index in [0.717, 1.165) is 11.3 Å². The van der Waals surface area contributed by atoms with Gasteiger partial charge in [0, 0.05) is 31.1 Å². The molecule has 0 atom stereocenters. The zero-order valence-electron chi connectivity index (χ0n) is 16.7. The van der Waals surface area contributed by atoms with Crippen molar-refractivity contribution in [2.45, 2.75) is 13.7 Å². The number of ether oxygens (including phenoxy) is 1. The van der Waals surface area contributed by atoms with Gasteiger partial charge in [-0.2, -0.15) is 0 Å². The minimum absolute atomic E-state index is 0.230. The minimum Gasteiger partial charge on any atom is -0.359 e. The van der Waals surface area contributed by atoms with E-state index in [9.17, 15) is 4.39 Å². The molecule has 0 aliphatic rings. The van der Waals surface area contributed by atoms with Crippen molar-refractivity contribution < 1.29 is 9.13 Å². The number of aromatic nitrogens is 5. The van der Waals surface area contributed by atoms with Crippen molar-refractivity contribution in [1.29, 1.82) is 0 Å². The molecule has 8 heteroatoms. The van der Waals surface area contributed by atoms with Gasteiger partial charge in [0.25, 0.3) is 0 Å². The van der Waals surface area contributed by atoms with Gasteiger partial charge in [-0.05, 0) is 49.4 Å². The maximum atomic E-state index is 13.4. The van der Waals surface area contributed by atoms with E-state index in [1.807, 2.05) is 49.2 Å². The molecule has 0 amide bonds. The highest BCUT2D eigenvalue weighted by Gasteiger charge is 2.19. The van der Waals surface area contributed by atoms with E-state index in [0.29, 0.717) is 29.6 Å². The second-order valence-corrected chi connectivity index (χ2v) is 6.55. The minimum atomic E-state index is -0.309.